The molecular formula is C13H15N5O2. The van der Waals surface area contributed by atoms with Gasteiger partial charge in [-0.25, -0.2) is 9.97 Å². The number of carbonyl (C=O) groups excluding carboxylic acids is 1. The van der Waals surface area contributed by atoms with Crippen molar-refractivity contribution in [2.45, 2.75) is 25.7 Å². The maximum atomic E-state index is 10.7. The van der Waals surface area contributed by atoms with E-state index in [2.05, 4.69) is 20.2 Å². The first-order valence-electron chi connectivity index (χ1n) is 6.57. The summed E-state index contributed by atoms with van der Waals surface area (Å²) in [5, 5.41) is 8.21. The van der Waals surface area contributed by atoms with E-state index in [1.807, 2.05) is 6.92 Å². The number of rotatable bonds is 3. The molecule has 0 unspecified atom stereocenters. The lowest BCUT2D eigenvalue weighted by molar-refractivity contribution is -0.119. The Balaban J connectivity index is 1.78. The van der Waals surface area contributed by atoms with Gasteiger partial charge in [-0.05, 0) is 19.8 Å². The minimum atomic E-state index is 0.220. The Kier molecular flexibility index (Phi) is 3.41. The second-order valence-corrected chi connectivity index (χ2v) is 4.88. The summed E-state index contributed by atoms with van der Waals surface area (Å²) in [7, 11) is 0. The van der Waals surface area contributed by atoms with E-state index >= 15 is 0 Å². The predicted molar refractivity (Wildman–Crippen MR) is 69.7 cm³/mol. The quantitative estimate of drug-likeness (QED) is 0.780. The summed E-state index contributed by atoms with van der Waals surface area (Å²) in [6, 6.07) is 0. The SMILES string of the molecule is Cc1ncncc1-c1nnc(C2CCN(C=O)CC2)o1. The van der Waals surface area contributed by atoms with Crippen LogP contribution in [0.1, 0.15) is 30.3 Å². The molecular weight excluding hydrogens is 258 g/mol. The van der Waals surface area contributed by atoms with Gasteiger partial charge in [-0.15, -0.1) is 10.2 Å². The van der Waals surface area contributed by atoms with Crippen LogP contribution in [-0.2, 0) is 4.79 Å². The molecule has 2 aromatic rings. The first-order valence-corrected chi connectivity index (χ1v) is 6.57. The van der Waals surface area contributed by atoms with Crippen LogP contribution in [0.3, 0.4) is 0 Å². The summed E-state index contributed by atoms with van der Waals surface area (Å²) in [5.41, 5.74) is 1.57. The van der Waals surface area contributed by atoms with Crippen molar-refractivity contribution in [1.29, 1.82) is 0 Å². The Morgan fingerprint density at radius 2 is 2.15 bits per heavy atom. The van der Waals surface area contributed by atoms with E-state index in [0.717, 1.165) is 43.6 Å². The maximum absolute atomic E-state index is 10.7. The first kappa shape index (κ1) is 12.7. The van der Waals surface area contributed by atoms with Gasteiger partial charge in [0.25, 0.3) is 5.89 Å². The van der Waals surface area contributed by atoms with Gasteiger partial charge in [0, 0.05) is 25.2 Å². The zero-order valence-corrected chi connectivity index (χ0v) is 11.2. The molecule has 0 aliphatic carbocycles. The largest absolute Gasteiger partial charge is 0.420 e. The molecule has 7 nitrogen and oxygen atoms in total. The minimum absolute atomic E-state index is 0.220. The molecule has 1 fully saturated rings. The molecule has 1 aliphatic rings. The van der Waals surface area contributed by atoms with E-state index in [0.29, 0.717) is 11.8 Å². The van der Waals surface area contributed by atoms with Gasteiger partial charge in [0.2, 0.25) is 12.3 Å². The lowest BCUT2D eigenvalue weighted by atomic mass is 9.97. The Morgan fingerprint density at radius 1 is 1.35 bits per heavy atom. The van der Waals surface area contributed by atoms with Crippen LogP contribution in [0, 0.1) is 6.92 Å². The Bertz CT molecular complexity index is 604. The molecule has 0 spiro atoms. The van der Waals surface area contributed by atoms with Crippen molar-refractivity contribution < 1.29 is 9.21 Å². The van der Waals surface area contributed by atoms with E-state index in [-0.39, 0.29) is 5.92 Å². The Morgan fingerprint density at radius 3 is 2.85 bits per heavy atom. The number of aromatic nitrogens is 4. The van der Waals surface area contributed by atoms with E-state index in [4.69, 9.17) is 4.42 Å². The molecule has 0 atom stereocenters. The van der Waals surface area contributed by atoms with Crippen molar-refractivity contribution in [2.24, 2.45) is 0 Å². The minimum Gasteiger partial charge on any atom is -0.420 e. The van der Waals surface area contributed by atoms with Crippen LogP contribution in [0.25, 0.3) is 11.5 Å². The van der Waals surface area contributed by atoms with Crippen molar-refractivity contribution in [3.05, 3.63) is 24.1 Å². The third kappa shape index (κ3) is 2.38. The molecule has 1 saturated heterocycles. The molecule has 1 amide bonds. The maximum Gasteiger partial charge on any atom is 0.251 e. The lowest BCUT2D eigenvalue weighted by Crippen LogP contribution is -2.31. The smallest absolute Gasteiger partial charge is 0.251 e. The van der Waals surface area contributed by atoms with Gasteiger partial charge in [0.15, 0.2) is 0 Å². The third-order valence-corrected chi connectivity index (χ3v) is 3.61. The molecule has 2 aromatic heterocycles. The summed E-state index contributed by atoms with van der Waals surface area (Å²) in [5.74, 6) is 1.31. The number of hydrogen-bond donors (Lipinski definition) is 0. The molecule has 7 heteroatoms. The molecule has 0 saturated carbocycles. The second kappa shape index (κ2) is 5.36. The highest BCUT2D eigenvalue weighted by Crippen LogP contribution is 2.29. The molecule has 1 aliphatic heterocycles. The number of amides is 1. The predicted octanol–water partition coefficient (Wildman–Crippen LogP) is 1.17. The van der Waals surface area contributed by atoms with Crippen LogP contribution in [0.4, 0.5) is 0 Å². The van der Waals surface area contributed by atoms with Gasteiger partial charge < -0.3 is 9.32 Å². The van der Waals surface area contributed by atoms with Crippen LogP contribution >= 0.6 is 0 Å². The van der Waals surface area contributed by atoms with Crippen LogP contribution in [0.15, 0.2) is 16.9 Å². The third-order valence-electron chi connectivity index (χ3n) is 3.61. The average molecular weight is 273 g/mol. The van der Waals surface area contributed by atoms with E-state index < -0.39 is 0 Å². The fourth-order valence-corrected chi connectivity index (χ4v) is 2.36. The van der Waals surface area contributed by atoms with Crippen molar-refractivity contribution in [3.63, 3.8) is 0 Å². The summed E-state index contributed by atoms with van der Waals surface area (Å²) < 4.78 is 5.75. The Hall–Kier alpha value is -2.31. The van der Waals surface area contributed by atoms with Crippen molar-refractivity contribution in [3.8, 4) is 11.5 Å². The van der Waals surface area contributed by atoms with Gasteiger partial charge in [-0.1, -0.05) is 0 Å². The van der Waals surface area contributed by atoms with Crippen LogP contribution in [0.2, 0.25) is 0 Å². The van der Waals surface area contributed by atoms with Gasteiger partial charge in [0.05, 0.1) is 11.3 Å². The highest BCUT2D eigenvalue weighted by molar-refractivity contribution is 5.53. The average Bonchev–Trinajstić information content (AvgIpc) is 2.97. The number of nitrogens with zero attached hydrogens (tertiary/aromatic N) is 5. The number of hydrogen-bond acceptors (Lipinski definition) is 6. The Labute approximate surface area is 116 Å². The van der Waals surface area contributed by atoms with Gasteiger partial charge in [0.1, 0.15) is 6.33 Å². The molecule has 0 bridgehead atoms. The topological polar surface area (TPSA) is 85.0 Å². The number of aryl methyl sites for hydroxylation is 1. The van der Waals surface area contributed by atoms with E-state index in [1.54, 1.807) is 11.1 Å². The van der Waals surface area contributed by atoms with Crippen LogP contribution in [0.5, 0.6) is 0 Å². The number of piperidine rings is 1. The monoisotopic (exact) mass is 273 g/mol. The van der Waals surface area contributed by atoms with Crippen LogP contribution in [-0.4, -0.2) is 44.6 Å². The van der Waals surface area contributed by atoms with E-state index in [9.17, 15) is 4.79 Å². The standard InChI is InChI=1S/C13H15N5O2/c1-9-11(6-14-7-15-9)13-17-16-12(20-13)10-2-4-18(8-19)5-3-10/h6-8,10H,2-5H2,1H3. The molecule has 3 rings (SSSR count). The van der Waals surface area contributed by atoms with Gasteiger partial charge >= 0.3 is 0 Å². The number of likely N-dealkylation sites (tertiary alicyclic amines) is 1. The van der Waals surface area contributed by atoms with Crippen molar-refractivity contribution >= 4 is 6.41 Å². The van der Waals surface area contributed by atoms with Gasteiger partial charge in [-0.2, -0.15) is 0 Å². The first-order chi connectivity index (χ1) is 9.78. The highest BCUT2D eigenvalue weighted by Gasteiger charge is 2.25. The highest BCUT2D eigenvalue weighted by atomic mass is 16.4. The summed E-state index contributed by atoms with van der Waals surface area (Å²) >= 11 is 0. The molecule has 0 radical (unpaired) electrons. The molecule has 3 heterocycles. The fourth-order valence-electron chi connectivity index (χ4n) is 2.36. The molecule has 0 aromatic carbocycles. The molecule has 0 N–H and O–H groups in total. The zero-order chi connectivity index (χ0) is 13.9. The van der Waals surface area contributed by atoms with E-state index in [1.165, 1.54) is 6.33 Å². The van der Waals surface area contributed by atoms with Gasteiger partial charge in [-0.3, -0.25) is 4.79 Å². The number of carbonyl (C=O) groups is 1. The summed E-state index contributed by atoms with van der Waals surface area (Å²) in [6.45, 7) is 3.35. The van der Waals surface area contributed by atoms with Crippen molar-refractivity contribution in [2.75, 3.05) is 13.1 Å². The molecule has 20 heavy (non-hydrogen) atoms. The summed E-state index contributed by atoms with van der Waals surface area (Å²) in [6.07, 6.45) is 5.76. The summed E-state index contributed by atoms with van der Waals surface area (Å²) in [4.78, 5) is 20.6. The zero-order valence-electron chi connectivity index (χ0n) is 11.2. The molecule has 104 valence electrons. The fraction of sp³-hybridized carbons (Fsp3) is 0.462. The van der Waals surface area contributed by atoms with Crippen LogP contribution < -0.4 is 0 Å². The normalized spacial score (nSPS) is 16.4. The van der Waals surface area contributed by atoms with Crippen molar-refractivity contribution in [1.82, 2.24) is 25.1 Å². The second-order valence-electron chi connectivity index (χ2n) is 4.88. The lowest BCUT2D eigenvalue weighted by Gasteiger charge is -2.26.